The third-order valence-electron chi connectivity index (χ3n) is 9.02. The molecule has 1 aliphatic carbocycles. The third-order valence-corrected chi connectivity index (χ3v) is 9.27. The van der Waals surface area contributed by atoms with Crippen LogP contribution >= 0.6 is 12.2 Å². The van der Waals surface area contributed by atoms with E-state index in [0.29, 0.717) is 11.1 Å². The van der Waals surface area contributed by atoms with Gasteiger partial charge in [0, 0.05) is 44.2 Å². The van der Waals surface area contributed by atoms with Gasteiger partial charge in [-0.2, -0.15) is 9.97 Å². The minimum absolute atomic E-state index is 0.132. The van der Waals surface area contributed by atoms with E-state index >= 15 is 0 Å². The summed E-state index contributed by atoms with van der Waals surface area (Å²) >= 11 is 5.81. The third kappa shape index (κ3) is 5.88. The number of hydrogen-bond acceptors (Lipinski definition) is 5. The van der Waals surface area contributed by atoms with E-state index in [9.17, 15) is 0 Å². The maximum absolute atomic E-state index is 5.81. The van der Waals surface area contributed by atoms with E-state index in [1.54, 1.807) is 0 Å². The van der Waals surface area contributed by atoms with Crippen LogP contribution in [0.2, 0.25) is 0 Å². The molecule has 3 heterocycles. The van der Waals surface area contributed by atoms with Gasteiger partial charge < -0.3 is 20.4 Å². The Morgan fingerprint density at radius 3 is 2.31 bits per heavy atom. The van der Waals surface area contributed by atoms with Crippen molar-refractivity contribution in [2.24, 2.45) is 5.92 Å². The minimum Gasteiger partial charge on any atom is -0.361 e. The standard InChI is InChI=1S/C32H40N6S/c1-24-13-18-37(19-14-24)28-21-29(38-20-15-25-9-5-6-10-26(25)22-38)35-30(34-28)36-31(39)33-23-32(16-7-8-17-32)27-11-3-2-4-12-27/h2-6,9-12,21,24H,7-8,13-20,22-23H2,1H3,(H2,33,34,35,36,39). The first kappa shape index (κ1) is 26.1. The fourth-order valence-corrected chi connectivity index (χ4v) is 6.70. The average molecular weight is 541 g/mol. The fraction of sp³-hybridized carbons (Fsp3) is 0.469. The normalized spacial score (nSPS) is 19.0. The first-order valence-corrected chi connectivity index (χ1v) is 15.0. The molecular weight excluding hydrogens is 500 g/mol. The van der Waals surface area contributed by atoms with Gasteiger partial charge >= 0.3 is 0 Å². The monoisotopic (exact) mass is 540 g/mol. The summed E-state index contributed by atoms with van der Waals surface area (Å²) in [6.07, 6.45) is 8.32. The molecule has 0 amide bonds. The predicted octanol–water partition coefficient (Wildman–Crippen LogP) is 6.07. The van der Waals surface area contributed by atoms with Crippen molar-refractivity contribution in [3.8, 4) is 0 Å². The lowest BCUT2D eigenvalue weighted by Gasteiger charge is -2.34. The average Bonchev–Trinajstić information content (AvgIpc) is 3.47. The zero-order valence-electron chi connectivity index (χ0n) is 23.0. The Balaban J connectivity index is 1.21. The van der Waals surface area contributed by atoms with Gasteiger partial charge in [-0.3, -0.25) is 0 Å². The van der Waals surface area contributed by atoms with Crippen molar-refractivity contribution in [3.05, 3.63) is 77.4 Å². The van der Waals surface area contributed by atoms with Crippen LogP contribution in [0.25, 0.3) is 0 Å². The van der Waals surface area contributed by atoms with Crippen LogP contribution in [0.1, 0.15) is 62.1 Å². The van der Waals surface area contributed by atoms with Gasteiger partial charge in [0.15, 0.2) is 5.11 Å². The number of piperidine rings is 1. The molecule has 204 valence electrons. The molecule has 2 aromatic carbocycles. The molecular formula is C32H40N6S. The lowest BCUT2D eigenvalue weighted by atomic mass is 9.79. The molecule has 7 heteroatoms. The molecule has 2 aliphatic heterocycles. The number of rotatable bonds is 6. The number of hydrogen-bond donors (Lipinski definition) is 2. The van der Waals surface area contributed by atoms with E-state index in [0.717, 1.165) is 56.7 Å². The summed E-state index contributed by atoms with van der Waals surface area (Å²) in [4.78, 5) is 14.7. The van der Waals surface area contributed by atoms with Gasteiger partial charge in [-0.05, 0) is 66.9 Å². The molecule has 0 unspecified atom stereocenters. The van der Waals surface area contributed by atoms with E-state index in [-0.39, 0.29) is 5.41 Å². The highest BCUT2D eigenvalue weighted by molar-refractivity contribution is 7.80. The van der Waals surface area contributed by atoms with Crippen molar-refractivity contribution in [1.82, 2.24) is 15.3 Å². The zero-order valence-corrected chi connectivity index (χ0v) is 23.8. The van der Waals surface area contributed by atoms with E-state index in [2.05, 4.69) is 88.0 Å². The van der Waals surface area contributed by atoms with Crippen molar-refractivity contribution >= 4 is 34.9 Å². The molecule has 0 bridgehead atoms. The van der Waals surface area contributed by atoms with Gasteiger partial charge in [-0.25, -0.2) is 0 Å². The molecule has 1 saturated heterocycles. The maximum Gasteiger partial charge on any atom is 0.232 e. The Morgan fingerprint density at radius 1 is 0.897 bits per heavy atom. The van der Waals surface area contributed by atoms with Gasteiger partial charge in [0.1, 0.15) is 11.6 Å². The first-order chi connectivity index (χ1) is 19.1. The fourth-order valence-electron chi connectivity index (χ4n) is 6.54. The Morgan fingerprint density at radius 2 is 1.56 bits per heavy atom. The van der Waals surface area contributed by atoms with Gasteiger partial charge in [0.05, 0.1) is 0 Å². The van der Waals surface area contributed by atoms with Crippen molar-refractivity contribution in [1.29, 1.82) is 0 Å². The van der Waals surface area contributed by atoms with Gasteiger partial charge in [0.25, 0.3) is 0 Å². The molecule has 0 radical (unpaired) electrons. The van der Waals surface area contributed by atoms with Crippen LogP contribution in [0.3, 0.4) is 0 Å². The second-order valence-electron chi connectivity index (χ2n) is 11.7. The lowest BCUT2D eigenvalue weighted by Crippen LogP contribution is -2.41. The van der Waals surface area contributed by atoms with Crippen molar-refractivity contribution < 1.29 is 0 Å². The van der Waals surface area contributed by atoms with Crippen LogP contribution in [-0.2, 0) is 18.4 Å². The van der Waals surface area contributed by atoms with Crippen LogP contribution in [0.5, 0.6) is 0 Å². The first-order valence-electron chi connectivity index (χ1n) is 14.6. The molecule has 6 rings (SSSR count). The summed E-state index contributed by atoms with van der Waals surface area (Å²) in [5, 5.41) is 7.50. The highest BCUT2D eigenvalue weighted by atomic mass is 32.1. The molecule has 3 aliphatic rings. The number of nitrogens with one attached hydrogen (secondary N) is 2. The van der Waals surface area contributed by atoms with Crippen LogP contribution in [0.4, 0.5) is 17.6 Å². The summed E-state index contributed by atoms with van der Waals surface area (Å²) in [5.74, 6) is 3.31. The number of fused-ring (bicyclic) bond motifs is 1. The molecule has 2 N–H and O–H groups in total. The number of anilines is 3. The van der Waals surface area contributed by atoms with E-state index in [4.69, 9.17) is 22.2 Å². The smallest absolute Gasteiger partial charge is 0.232 e. The number of aromatic nitrogens is 2. The van der Waals surface area contributed by atoms with Crippen LogP contribution in [0.15, 0.2) is 60.7 Å². The van der Waals surface area contributed by atoms with Gasteiger partial charge in [-0.1, -0.05) is 74.4 Å². The van der Waals surface area contributed by atoms with Crippen molar-refractivity contribution in [3.63, 3.8) is 0 Å². The Bertz CT molecular complexity index is 1280. The summed E-state index contributed by atoms with van der Waals surface area (Å²) in [6.45, 7) is 7.04. The Labute approximate surface area is 238 Å². The summed E-state index contributed by atoms with van der Waals surface area (Å²) in [5.41, 5.74) is 4.36. The summed E-state index contributed by atoms with van der Waals surface area (Å²) < 4.78 is 0. The van der Waals surface area contributed by atoms with E-state index in [1.807, 2.05) is 0 Å². The molecule has 2 fully saturated rings. The largest absolute Gasteiger partial charge is 0.361 e. The number of benzene rings is 2. The molecule has 1 aromatic heterocycles. The van der Waals surface area contributed by atoms with E-state index in [1.165, 1.54) is 55.2 Å². The highest BCUT2D eigenvalue weighted by Gasteiger charge is 2.35. The zero-order chi connectivity index (χ0) is 26.7. The highest BCUT2D eigenvalue weighted by Crippen LogP contribution is 2.40. The Kier molecular flexibility index (Phi) is 7.69. The molecule has 3 aromatic rings. The molecule has 39 heavy (non-hydrogen) atoms. The SMILES string of the molecule is CC1CCN(c2cc(N3CCc4ccccc4C3)nc(NC(=S)NCC3(c4ccccc4)CCCC3)n2)CC1. The number of nitrogens with zero attached hydrogens (tertiary/aromatic N) is 4. The molecule has 0 spiro atoms. The summed E-state index contributed by atoms with van der Waals surface area (Å²) in [6, 6.07) is 21.8. The van der Waals surface area contributed by atoms with Crippen LogP contribution in [0, 0.1) is 5.92 Å². The summed E-state index contributed by atoms with van der Waals surface area (Å²) in [7, 11) is 0. The second-order valence-corrected chi connectivity index (χ2v) is 12.1. The van der Waals surface area contributed by atoms with Crippen LogP contribution < -0.4 is 20.4 Å². The molecule has 6 nitrogen and oxygen atoms in total. The molecule has 0 atom stereocenters. The predicted molar refractivity (Wildman–Crippen MR) is 165 cm³/mol. The van der Waals surface area contributed by atoms with Crippen molar-refractivity contribution in [2.45, 2.75) is 63.8 Å². The minimum atomic E-state index is 0.132. The number of thiocarbonyl (C=S) groups is 1. The topological polar surface area (TPSA) is 56.3 Å². The van der Waals surface area contributed by atoms with Gasteiger partial charge in [0.2, 0.25) is 5.95 Å². The van der Waals surface area contributed by atoms with Crippen LogP contribution in [-0.4, -0.2) is 41.3 Å². The van der Waals surface area contributed by atoms with Gasteiger partial charge in [-0.15, -0.1) is 0 Å². The second kappa shape index (κ2) is 11.5. The van der Waals surface area contributed by atoms with E-state index < -0.39 is 0 Å². The van der Waals surface area contributed by atoms with Crippen molar-refractivity contribution in [2.75, 3.05) is 41.3 Å². The maximum atomic E-state index is 5.81. The quantitative estimate of drug-likeness (QED) is 0.368. The lowest BCUT2D eigenvalue weighted by molar-refractivity contribution is 0.435. The Hall–Kier alpha value is -3.19. The molecule has 1 saturated carbocycles.